The molecule has 106 valence electrons. The van der Waals surface area contributed by atoms with Crippen molar-refractivity contribution in [2.24, 2.45) is 0 Å². The zero-order valence-electron chi connectivity index (χ0n) is 11.4. The number of fused-ring (bicyclic) bond motifs is 1. The summed E-state index contributed by atoms with van der Waals surface area (Å²) < 4.78 is 19.7. The third kappa shape index (κ3) is 2.08. The number of hydrogen-bond acceptors (Lipinski definition) is 4. The van der Waals surface area contributed by atoms with Crippen molar-refractivity contribution in [3.8, 4) is 0 Å². The summed E-state index contributed by atoms with van der Waals surface area (Å²) in [6, 6.07) is 4.98. The molecule has 1 saturated carbocycles. The van der Waals surface area contributed by atoms with Crippen LogP contribution in [0.5, 0.6) is 0 Å². The number of nitrogens with one attached hydrogen (secondary N) is 1. The maximum atomic E-state index is 14.2. The Morgan fingerprint density at radius 2 is 2.30 bits per heavy atom. The van der Waals surface area contributed by atoms with E-state index in [1.54, 1.807) is 19.4 Å². The zero-order chi connectivity index (χ0) is 14.2. The summed E-state index contributed by atoms with van der Waals surface area (Å²) in [7, 11) is 1.70. The summed E-state index contributed by atoms with van der Waals surface area (Å²) >= 11 is 0. The molecule has 0 unspecified atom stereocenters. The molecule has 1 aromatic heterocycles. The van der Waals surface area contributed by atoms with E-state index in [0.29, 0.717) is 23.4 Å². The fourth-order valence-electron chi connectivity index (χ4n) is 2.68. The van der Waals surface area contributed by atoms with Gasteiger partial charge >= 0.3 is 0 Å². The number of anilines is 2. The van der Waals surface area contributed by atoms with Crippen molar-refractivity contribution < 1.29 is 9.13 Å². The van der Waals surface area contributed by atoms with E-state index in [4.69, 9.17) is 10.5 Å². The lowest BCUT2D eigenvalue weighted by Crippen LogP contribution is -2.45. The number of aromatic nitrogens is 1. The van der Waals surface area contributed by atoms with Gasteiger partial charge < -0.3 is 15.8 Å². The van der Waals surface area contributed by atoms with E-state index >= 15 is 0 Å². The monoisotopic (exact) mass is 275 g/mol. The van der Waals surface area contributed by atoms with Gasteiger partial charge in [0.15, 0.2) is 5.82 Å². The Morgan fingerprint density at radius 1 is 1.50 bits per heavy atom. The molecule has 0 amide bonds. The number of methoxy groups -OCH3 is 1. The Bertz CT molecular complexity index is 635. The Hall–Kier alpha value is -1.88. The van der Waals surface area contributed by atoms with Gasteiger partial charge in [-0.15, -0.1) is 0 Å². The molecule has 1 fully saturated rings. The number of nitrogen functional groups attached to an aromatic ring is 1. The highest BCUT2D eigenvalue weighted by Crippen LogP contribution is 2.36. The molecular formula is C15H18FN3O. The first kappa shape index (κ1) is 13.1. The number of ether oxygens (including phenoxy) is 1. The van der Waals surface area contributed by atoms with Gasteiger partial charge in [0.2, 0.25) is 0 Å². The third-order valence-corrected chi connectivity index (χ3v) is 4.16. The second kappa shape index (κ2) is 4.90. The Labute approximate surface area is 117 Å². The van der Waals surface area contributed by atoms with Gasteiger partial charge in [0.25, 0.3) is 0 Å². The average Bonchev–Trinajstić information content (AvgIpc) is 2.41. The average molecular weight is 275 g/mol. The smallest absolute Gasteiger partial charge is 0.150 e. The highest BCUT2D eigenvalue weighted by atomic mass is 19.1. The number of nitrogens with two attached hydrogens (primary N) is 1. The van der Waals surface area contributed by atoms with Gasteiger partial charge in [-0.25, -0.2) is 4.39 Å². The van der Waals surface area contributed by atoms with Crippen molar-refractivity contribution in [2.45, 2.75) is 24.9 Å². The molecule has 3 N–H and O–H groups in total. The molecule has 0 aliphatic heterocycles. The minimum atomic E-state index is -0.376. The number of benzene rings is 1. The fraction of sp³-hybridized carbons (Fsp3) is 0.400. The molecule has 1 aliphatic carbocycles. The fourth-order valence-corrected chi connectivity index (χ4v) is 2.68. The zero-order valence-corrected chi connectivity index (χ0v) is 11.4. The summed E-state index contributed by atoms with van der Waals surface area (Å²) in [5, 5.41) is 3.92. The van der Waals surface area contributed by atoms with Crippen LogP contribution in [0.15, 0.2) is 24.4 Å². The number of hydrogen-bond donors (Lipinski definition) is 2. The third-order valence-electron chi connectivity index (χ3n) is 4.16. The van der Waals surface area contributed by atoms with E-state index in [-0.39, 0.29) is 11.4 Å². The Balaban J connectivity index is 1.95. The number of pyridine rings is 1. The van der Waals surface area contributed by atoms with Crippen molar-refractivity contribution in [2.75, 3.05) is 24.7 Å². The van der Waals surface area contributed by atoms with E-state index < -0.39 is 0 Å². The van der Waals surface area contributed by atoms with Crippen molar-refractivity contribution >= 4 is 22.3 Å². The standard InChI is InChI=1S/C15H18FN3O/c1-20-15(5-3-6-15)9-19-14-11(16)8-12(17)10-4-2-7-18-13(10)14/h2,4,7-8,19H,3,5-6,9,17H2,1H3. The van der Waals surface area contributed by atoms with Crippen molar-refractivity contribution in [3.05, 3.63) is 30.2 Å². The topological polar surface area (TPSA) is 60.2 Å². The van der Waals surface area contributed by atoms with Gasteiger partial charge in [-0.2, -0.15) is 0 Å². The molecular weight excluding hydrogens is 257 g/mol. The molecule has 5 heteroatoms. The van der Waals surface area contributed by atoms with Gasteiger partial charge in [-0.3, -0.25) is 4.98 Å². The highest BCUT2D eigenvalue weighted by molar-refractivity contribution is 5.98. The lowest BCUT2D eigenvalue weighted by Gasteiger charge is -2.40. The van der Waals surface area contributed by atoms with Crippen LogP contribution in [0, 0.1) is 5.82 Å². The van der Waals surface area contributed by atoms with E-state index in [9.17, 15) is 4.39 Å². The Kier molecular flexibility index (Phi) is 3.22. The maximum Gasteiger partial charge on any atom is 0.150 e. The van der Waals surface area contributed by atoms with Crippen molar-refractivity contribution in [1.82, 2.24) is 4.98 Å². The molecule has 0 bridgehead atoms. The minimum Gasteiger partial charge on any atom is -0.398 e. The van der Waals surface area contributed by atoms with Crippen LogP contribution in [0.2, 0.25) is 0 Å². The highest BCUT2D eigenvalue weighted by Gasteiger charge is 2.37. The van der Waals surface area contributed by atoms with Crippen LogP contribution in [0.1, 0.15) is 19.3 Å². The second-order valence-corrected chi connectivity index (χ2v) is 5.32. The summed E-state index contributed by atoms with van der Waals surface area (Å²) in [5.74, 6) is -0.376. The molecule has 0 atom stereocenters. The summed E-state index contributed by atoms with van der Waals surface area (Å²) in [6.45, 7) is 0.579. The van der Waals surface area contributed by atoms with Crippen LogP contribution in [0.3, 0.4) is 0 Å². The molecule has 4 nitrogen and oxygen atoms in total. The van der Waals surface area contributed by atoms with Gasteiger partial charge in [0, 0.05) is 30.9 Å². The second-order valence-electron chi connectivity index (χ2n) is 5.32. The maximum absolute atomic E-state index is 14.2. The number of rotatable bonds is 4. The lowest BCUT2D eigenvalue weighted by molar-refractivity contribution is -0.0601. The van der Waals surface area contributed by atoms with Crippen LogP contribution in [0.4, 0.5) is 15.8 Å². The van der Waals surface area contributed by atoms with Crippen molar-refractivity contribution in [3.63, 3.8) is 0 Å². The molecule has 1 aromatic carbocycles. The molecule has 2 aromatic rings. The van der Waals surface area contributed by atoms with Crippen molar-refractivity contribution in [1.29, 1.82) is 0 Å². The normalized spacial score (nSPS) is 16.9. The quantitative estimate of drug-likeness (QED) is 0.842. The van der Waals surface area contributed by atoms with Gasteiger partial charge in [-0.1, -0.05) is 0 Å². The van der Waals surface area contributed by atoms with Crippen LogP contribution in [0.25, 0.3) is 10.9 Å². The van der Waals surface area contributed by atoms with Crippen LogP contribution < -0.4 is 11.1 Å². The molecule has 0 spiro atoms. The largest absolute Gasteiger partial charge is 0.398 e. The van der Waals surface area contributed by atoms with E-state index in [0.717, 1.165) is 24.6 Å². The number of nitrogens with zero attached hydrogens (tertiary/aromatic N) is 1. The molecule has 0 saturated heterocycles. The number of halogens is 1. The molecule has 1 heterocycles. The molecule has 0 radical (unpaired) electrons. The Morgan fingerprint density at radius 3 is 2.95 bits per heavy atom. The van der Waals surface area contributed by atoms with Crippen LogP contribution in [-0.2, 0) is 4.74 Å². The lowest BCUT2D eigenvalue weighted by atomic mass is 9.80. The predicted molar refractivity (Wildman–Crippen MR) is 78.2 cm³/mol. The molecule has 20 heavy (non-hydrogen) atoms. The summed E-state index contributed by atoms with van der Waals surface area (Å²) in [6.07, 6.45) is 4.79. The first-order valence-electron chi connectivity index (χ1n) is 6.77. The van der Waals surface area contributed by atoms with Crippen LogP contribution in [-0.4, -0.2) is 24.2 Å². The van der Waals surface area contributed by atoms with Gasteiger partial charge in [-0.05, 0) is 37.5 Å². The van der Waals surface area contributed by atoms with Gasteiger partial charge in [0.05, 0.1) is 16.8 Å². The van der Waals surface area contributed by atoms with E-state index in [2.05, 4.69) is 10.3 Å². The van der Waals surface area contributed by atoms with Gasteiger partial charge in [0.1, 0.15) is 0 Å². The predicted octanol–water partition coefficient (Wildman–Crippen LogP) is 2.94. The van der Waals surface area contributed by atoms with E-state index in [1.807, 2.05) is 6.07 Å². The van der Waals surface area contributed by atoms with E-state index in [1.165, 1.54) is 6.07 Å². The molecule has 3 rings (SSSR count). The first-order valence-corrected chi connectivity index (χ1v) is 6.77. The minimum absolute atomic E-state index is 0.172. The summed E-state index contributed by atoms with van der Waals surface area (Å²) in [5.41, 5.74) is 7.04. The SMILES string of the molecule is COC1(CNc2c(F)cc(N)c3cccnc23)CCC1. The molecule has 1 aliphatic rings. The summed E-state index contributed by atoms with van der Waals surface area (Å²) in [4.78, 5) is 4.25. The van der Waals surface area contributed by atoms with Crippen LogP contribution >= 0.6 is 0 Å². The first-order chi connectivity index (χ1) is 9.65.